The molecule has 1 N–H and O–H groups in total. The number of carbonyl (C=O) groups excluding carboxylic acids is 2. The molecule has 0 aliphatic rings. The molecule has 1 heterocycles. The van der Waals surface area contributed by atoms with Gasteiger partial charge in [-0.1, -0.05) is 17.7 Å². The summed E-state index contributed by atoms with van der Waals surface area (Å²) in [6.07, 6.45) is 0. The first-order valence-electron chi connectivity index (χ1n) is 8.64. The van der Waals surface area contributed by atoms with E-state index in [2.05, 4.69) is 10.4 Å². The molecular weight excluding hydrogens is 420 g/mol. The van der Waals surface area contributed by atoms with Crippen molar-refractivity contribution in [3.05, 3.63) is 86.8 Å². The van der Waals surface area contributed by atoms with E-state index in [0.717, 1.165) is 28.9 Å². The molecule has 0 bridgehead atoms. The van der Waals surface area contributed by atoms with Gasteiger partial charge in [0.1, 0.15) is 11.6 Å². The molecule has 0 atom stereocenters. The number of ether oxygens (including phenoxy) is 1. The van der Waals surface area contributed by atoms with E-state index in [1.165, 1.54) is 24.3 Å². The van der Waals surface area contributed by atoms with Crippen molar-refractivity contribution in [2.75, 3.05) is 11.9 Å². The topological polar surface area (TPSA) is 90.3 Å². The van der Waals surface area contributed by atoms with Crippen molar-refractivity contribution in [1.82, 2.24) is 9.78 Å². The zero-order chi connectivity index (χ0) is 21.8. The lowest BCUT2D eigenvalue weighted by Gasteiger charge is -2.13. The van der Waals surface area contributed by atoms with E-state index in [0.29, 0.717) is 0 Å². The highest BCUT2D eigenvalue weighted by molar-refractivity contribution is 6.34. The first-order chi connectivity index (χ1) is 14.3. The Balaban J connectivity index is 2.08. The average Bonchev–Trinajstić information content (AvgIpc) is 2.69. The summed E-state index contributed by atoms with van der Waals surface area (Å²) in [5.74, 6) is -3.32. The molecule has 154 valence electrons. The third kappa shape index (κ3) is 4.36. The summed E-state index contributed by atoms with van der Waals surface area (Å²) in [6.45, 7) is 1.56. The summed E-state index contributed by atoms with van der Waals surface area (Å²) in [6, 6.07) is 9.41. The molecule has 0 aliphatic heterocycles. The highest BCUT2D eigenvalue weighted by atomic mass is 35.5. The fraction of sp³-hybridized carbons (Fsp3) is 0.100. The summed E-state index contributed by atoms with van der Waals surface area (Å²) in [4.78, 5) is 37.4. The van der Waals surface area contributed by atoms with E-state index in [1.54, 1.807) is 6.92 Å². The van der Waals surface area contributed by atoms with E-state index in [9.17, 15) is 23.2 Å². The Hall–Kier alpha value is -3.59. The lowest BCUT2D eigenvalue weighted by atomic mass is 10.2. The first-order valence-corrected chi connectivity index (χ1v) is 9.02. The Kier molecular flexibility index (Phi) is 6.22. The molecule has 10 heteroatoms. The molecule has 1 amide bonds. The molecule has 0 aliphatic carbocycles. The van der Waals surface area contributed by atoms with Crippen LogP contribution in [0.2, 0.25) is 5.02 Å². The number of nitrogens with zero attached hydrogens (tertiary/aromatic N) is 2. The van der Waals surface area contributed by atoms with Crippen molar-refractivity contribution >= 4 is 29.2 Å². The van der Waals surface area contributed by atoms with Gasteiger partial charge in [0.25, 0.3) is 11.5 Å². The van der Waals surface area contributed by atoms with Crippen LogP contribution >= 0.6 is 11.6 Å². The summed E-state index contributed by atoms with van der Waals surface area (Å²) < 4.78 is 33.0. The van der Waals surface area contributed by atoms with Crippen molar-refractivity contribution in [2.45, 2.75) is 6.92 Å². The Morgan fingerprint density at radius 3 is 2.50 bits per heavy atom. The Morgan fingerprint density at radius 1 is 1.17 bits per heavy atom. The molecule has 3 rings (SSSR count). The van der Waals surface area contributed by atoms with Crippen LogP contribution in [0.3, 0.4) is 0 Å². The molecule has 0 fully saturated rings. The highest BCUT2D eigenvalue weighted by Crippen LogP contribution is 2.21. The third-order valence-corrected chi connectivity index (χ3v) is 4.22. The van der Waals surface area contributed by atoms with Gasteiger partial charge in [0, 0.05) is 6.07 Å². The van der Waals surface area contributed by atoms with Crippen LogP contribution in [-0.2, 0) is 4.74 Å². The van der Waals surface area contributed by atoms with Gasteiger partial charge in [0.05, 0.1) is 28.6 Å². The monoisotopic (exact) mass is 433 g/mol. The predicted octanol–water partition coefficient (Wildman–Crippen LogP) is 3.59. The minimum atomic E-state index is -0.982. The minimum Gasteiger partial charge on any atom is -0.461 e. The average molecular weight is 434 g/mol. The van der Waals surface area contributed by atoms with Gasteiger partial charge in [-0.15, -0.1) is 0 Å². The normalized spacial score (nSPS) is 10.5. The molecule has 30 heavy (non-hydrogen) atoms. The van der Waals surface area contributed by atoms with Crippen LogP contribution < -0.4 is 10.9 Å². The van der Waals surface area contributed by atoms with E-state index >= 15 is 0 Å². The molecule has 1 aromatic heterocycles. The number of anilines is 1. The van der Waals surface area contributed by atoms with Crippen molar-refractivity contribution in [1.29, 1.82) is 0 Å². The number of esters is 1. The number of carbonyl (C=O) groups is 2. The molecular formula is C20H14ClF2N3O4. The van der Waals surface area contributed by atoms with Crippen LogP contribution in [-0.4, -0.2) is 28.3 Å². The number of rotatable bonds is 5. The predicted molar refractivity (Wildman–Crippen MR) is 105 cm³/mol. The van der Waals surface area contributed by atoms with Crippen LogP contribution in [0.4, 0.5) is 14.5 Å². The summed E-state index contributed by atoms with van der Waals surface area (Å²) in [7, 11) is 0. The number of benzene rings is 2. The standard InChI is InChI=1S/C20H14ClF2N3O4/c1-2-30-20(29)18-15(24-19(28)17-13(21)4-3-5-14(17)23)10-16(27)26(25-18)12-8-6-11(22)7-9-12/h3-10H,2H2,1H3,(H,24,28). The molecule has 0 radical (unpaired) electrons. The van der Waals surface area contributed by atoms with Crippen molar-refractivity contribution < 1.29 is 23.1 Å². The fourth-order valence-corrected chi connectivity index (χ4v) is 2.82. The summed E-state index contributed by atoms with van der Waals surface area (Å²) in [5.41, 5.74) is -1.70. The Morgan fingerprint density at radius 2 is 1.87 bits per heavy atom. The van der Waals surface area contributed by atoms with Crippen LogP contribution in [0.1, 0.15) is 27.8 Å². The van der Waals surface area contributed by atoms with E-state index in [-0.39, 0.29) is 23.0 Å². The Bertz CT molecular complexity index is 1160. The highest BCUT2D eigenvalue weighted by Gasteiger charge is 2.23. The summed E-state index contributed by atoms with van der Waals surface area (Å²) >= 11 is 5.89. The maximum atomic E-state index is 14.0. The van der Waals surface area contributed by atoms with Crippen molar-refractivity contribution in [2.24, 2.45) is 0 Å². The van der Waals surface area contributed by atoms with Gasteiger partial charge in [0.2, 0.25) is 0 Å². The van der Waals surface area contributed by atoms with Crippen molar-refractivity contribution in [3.8, 4) is 5.69 Å². The zero-order valence-electron chi connectivity index (χ0n) is 15.5. The molecule has 0 unspecified atom stereocenters. The number of hydrogen-bond acceptors (Lipinski definition) is 5. The molecule has 3 aromatic rings. The van der Waals surface area contributed by atoms with Crippen LogP contribution in [0.5, 0.6) is 0 Å². The maximum absolute atomic E-state index is 14.0. The van der Waals surface area contributed by atoms with Gasteiger partial charge in [-0.3, -0.25) is 9.59 Å². The largest absolute Gasteiger partial charge is 0.461 e. The zero-order valence-corrected chi connectivity index (χ0v) is 16.2. The maximum Gasteiger partial charge on any atom is 0.360 e. The second-order valence-corrected chi connectivity index (χ2v) is 6.31. The van der Waals surface area contributed by atoms with Gasteiger partial charge in [-0.25, -0.2) is 13.6 Å². The minimum absolute atomic E-state index is 0.00269. The van der Waals surface area contributed by atoms with Gasteiger partial charge in [-0.2, -0.15) is 9.78 Å². The third-order valence-electron chi connectivity index (χ3n) is 3.91. The lowest BCUT2D eigenvalue weighted by molar-refractivity contribution is 0.0518. The van der Waals surface area contributed by atoms with Gasteiger partial charge in [-0.05, 0) is 43.3 Å². The van der Waals surface area contributed by atoms with E-state index < -0.39 is 40.3 Å². The molecule has 7 nitrogen and oxygen atoms in total. The molecule has 0 saturated heterocycles. The van der Waals surface area contributed by atoms with Crippen molar-refractivity contribution in [3.63, 3.8) is 0 Å². The summed E-state index contributed by atoms with van der Waals surface area (Å²) in [5, 5.41) is 6.07. The van der Waals surface area contributed by atoms with E-state index in [1.807, 2.05) is 0 Å². The molecule has 0 saturated carbocycles. The molecule has 2 aromatic carbocycles. The van der Waals surface area contributed by atoms with Gasteiger partial charge < -0.3 is 10.1 Å². The number of hydrogen-bond donors (Lipinski definition) is 1. The first kappa shape index (κ1) is 21.1. The number of halogens is 3. The number of nitrogens with one attached hydrogen (secondary N) is 1. The van der Waals surface area contributed by atoms with Gasteiger partial charge in [0.15, 0.2) is 5.69 Å². The number of aromatic nitrogens is 2. The quantitative estimate of drug-likeness (QED) is 0.621. The smallest absolute Gasteiger partial charge is 0.360 e. The second-order valence-electron chi connectivity index (χ2n) is 5.90. The second kappa shape index (κ2) is 8.83. The lowest BCUT2D eigenvalue weighted by Crippen LogP contribution is -2.27. The van der Waals surface area contributed by atoms with Crippen LogP contribution in [0.15, 0.2) is 53.3 Å². The van der Waals surface area contributed by atoms with Gasteiger partial charge >= 0.3 is 5.97 Å². The van der Waals surface area contributed by atoms with E-state index in [4.69, 9.17) is 16.3 Å². The SMILES string of the molecule is CCOC(=O)c1nn(-c2ccc(F)cc2)c(=O)cc1NC(=O)c1c(F)cccc1Cl. The Labute approximate surface area is 173 Å². The number of amides is 1. The van der Waals surface area contributed by atoms with Crippen LogP contribution in [0, 0.1) is 11.6 Å². The fourth-order valence-electron chi connectivity index (χ4n) is 2.57. The van der Waals surface area contributed by atoms with Crippen LogP contribution in [0.25, 0.3) is 5.69 Å². The molecule has 0 spiro atoms.